The molecule has 0 radical (unpaired) electrons. The highest BCUT2D eigenvalue weighted by atomic mass is 32.2. The maximum atomic E-state index is 13.8. The van der Waals surface area contributed by atoms with Gasteiger partial charge in [-0.1, -0.05) is 6.07 Å². The molecule has 10 nitrogen and oxygen atoms in total. The summed E-state index contributed by atoms with van der Waals surface area (Å²) in [6, 6.07) is 11.3. The molecular weight excluding hydrogens is 474 g/mol. The Morgan fingerprint density at radius 1 is 0.943 bits per heavy atom. The van der Waals surface area contributed by atoms with Gasteiger partial charge < -0.3 is 24.0 Å². The minimum atomic E-state index is -4.17. The topological polar surface area (TPSA) is 106 Å². The van der Waals surface area contributed by atoms with Crippen LogP contribution in [0.2, 0.25) is 0 Å². The number of rotatable bonds is 8. The Morgan fingerprint density at radius 3 is 2.14 bits per heavy atom. The van der Waals surface area contributed by atoms with Crippen molar-refractivity contribution in [3.8, 4) is 11.5 Å². The average molecular weight is 506 g/mol. The number of sulfonamides is 1. The number of ether oxygens (including phenoxy) is 3. The zero-order valence-corrected chi connectivity index (χ0v) is 21.2. The molecule has 1 saturated heterocycles. The summed E-state index contributed by atoms with van der Waals surface area (Å²) >= 11 is 0. The third kappa shape index (κ3) is 5.97. The molecule has 0 aliphatic carbocycles. The van der Waals surface area contributed by atoms with Crippen LogP contribution in [0.3, 0.4) is 0 Å². The van der Waals surface area contributed by atoms with Crippen molar-refractivity contribution >= 4 is 27.7 Å². The third-order valence-electron chi connectivity index (χ3n) is 5.68. The molecule has 1 aliphatic rings. The smallest absolute Gasteiger partial charge is 0.409 e. The van der Waals surface area contributed by atoms with E-state index in [-0.39, 0.29) is 36.2 Å². The number of nitrogens with zero attached hydrogens (tertiary/aromatic N) is 3. The van der Waals surface area contributed by atoms with Crippen molar-refractivity contribution in [3.63, 3.8) is 0 Å². The van der Waals surface area contributed by atoms with Crippen LogP contribution in [-0.4, -0.2) is 83.8 Å². The van der Waals surface area contributed by atoms with Crippen molar-refractivity contribution in [1.82, 2.24) is 9.80 Å². The molecular formula is C24H31N3O7S. The van der Waals surface area contributed by atoms with E-state index in [1.165, 1.54) is 25.2 Å². The highest BCUT2D eigenvalue weighted by Gasteiger charge is 2.33. The standard InChI is InChI=1S/C24H31N3O7S/c1-5-34-24(29)26-14-12-25(13-15-26)23(28)17-27(19-7-9-20(32-3)10-8-19)35(30,31)22-16-18(2)6-11-21(22)33-4/h6-11,16H,5,12-15,17H2,1-4H3. The Labute approximate surface area is 206 Å². The van der Waals surface area contributed by atoms with E-state index in [4.69, 9.17) is 14.2 Å². The minimum Gasteiger partial charge on any atom is -0.497 e. The monoisotopic (exact) mass is 505 g/mol. The highest BCUT2D eigenvalue weighted by molar-refractivity contribution is 7.93. The molecule has 0 unspecified atom stereocenters. The molecule has 1 aliphatic heterocycles. The first-order chi connectivity index (χ1) is 16.7. The molecule has 0 bridgehead atoms. The zero-order valence-electron chi connectivity index (χ0n) is 20.4. The number of methoxy groups -OCH3 is 2. The number of carbonyl (C=O) groups is 2. The summed E-state index contributed by atoms with van der Waals surface area (Å²) in [5, 5.41) is 0. The van der Waals surface area contributed by atoms with Crippen LogP contribution in [0, 0.1) is 6.92 Å². The third-order valence-corrected chi connectivity index (χ3v) is 7.48. The Kier molecular flexibility index (Phi) is 8.44. The van der Waals surface area contributed by atoms with Gasteiger partial charge in [0.15, 0.2) is 0 Å². The first kappa shape index (κ1) is 26.1. The van der Waals surface area contributed by atoms with E-state index in [1.54, 1.807) is 55.1 Å². The van der Waals surface area contributed by atoms with Gasteiger partial charge >= 0.3 is 6.09 Å². The number of amides is 2. The van der Waals surface area contributed by atoms with Crippen molar-refractivity contribution in [2.45, 2.75) is 18.7 Å². The molecule has 2 aromatic rings. The van der Waals surface area contributed by atoms with Crippen LogP contribution in [0.4, 0.5) is 10.5 Å². The van der Waals surface area contributed by atoms with Gasteiger partial charge in [0.2, 0.25) is 5.91 Å². The molecule has 1 fully saturated rings. The summed E-state index contributed by atoms with van der Waals surface area (Å²) in [6.45, 7) is 4.56. The molecule has 35 heavy (non-hydrogen) atoms. The van der Waals surface area contributed by atoms with Gasteiger partial charge in [0.25, 0.3) is 10.0 Å². The number of piperazine rings is 1. The number of aryl methyl sites for hydroxylation is 1. The van der Waals surface area contributed by atoms with Crippen molar-refractivity contribution in [2.24, 2.45) is 0 Å². The maximum Gasteiger partial charge on any atom is 0.409 e. The number of benzene rings is 2. The average Bonchev–Trinajstić information content (AvgIpc) is 2.87. The number of hydrogen-bond donors (Lipinski definition) is 0. The minimum absolute atomic E-state index is 0.0317. The molecule has 2 aromatic carbocycles. The number of anilines is 1. The Morgan fingerprint density at radius 2 is 1.57 bits per heavy atom. The van der Waals surface area contributed by atoms with Crippen LogP contribution >= 0.6 is 0 Å². The molecule has 11 heteroatoms. The lowest BCUT2D eigenvalue weighted by Crippen LogP contribution is -2.53. The van der Waals surface area contributed by atoms with Crippen LogP contribution in [0.15, 0.2) is 47.4 Å². The number of carbonyl (C=O) groups excluding carboxylic acids is 2. The lowest BCUT2D eigenvalue weighted by Gasteiger charge is -2.35. The van der Waals surface area contributed by atoms with Crippen LogP contribution in [0.25, 0.3) is 0 Å². The zero-order chi connectivity index (χ0) is 25.6. The van der Waals surface area contributed by atoms with Crippen molar-refractivity contribution in [1.29, 1.82) is 0 Å². The fourth-order valence-corrected chi connectivity index (χ4v) is 5.40. The van der Waals surface area contributed by atoms with E-state index < -0.39 is 22.7 Å². The summed E-state index contributed by atoms with van der Waals surface area (Å²) in [5.74, 6) is 0.366. The molecule has 0 saturated carbocycles. The molecule has 1 heterocycles. The lowest BCUT2D eigenvalue weighted by molar-refractivity contribution is -0.131. The van der Waals surface area contributed by atoms with E-state index in [0.717, 1.165) is 9.87 Å². The molecule has 0 spiro atoms. The molecule has 0 atom stereocenters. The maximum absolute atomic E-state index is 13.8. The van der Waals surface area contributed by atoms with Gasteiger partial charge in [0.1, 0.15) is 22.9 Å². The van der Waals surface area contributed by atoms with E-state index in [1.807, 2.05) is 0 Å². The second-order valence-corrected chi connectivity index (χ2v) is 9.76. The second-order valence-electron chi connectivity index (χ2n) is 7.93. The lowest BCUT2D eigenvalue weighted by atomic mass is 10.2. The van der Waals surface area contributed by atoms with Gasteiger partial charge in [-0.05, 0) is 55.8 Å². The van der Waals surface area contributed by atoms with Crippen LogP contribution in [-0.2, 0) is 19.6 Å². The summed E-state index contributed by atoms with van der Waals surface area (Å²) in [4.78, 5) is 28.2. The van der Waals surface area contributed by atoms with E-state index in [9.17, 15) is 18.0 Å². The first-order valence-electron chi connectivity index (χ1n) is 11.2. The van der Waals surface area contributed by atoms with Gasteiger partial charge in [-0.15, -0.1) is 0 Å². The van der Waals surface area contributed by atoms with Gasteiger partial charge in [-0.25, -0.2) is 13.2 Å². The van der Waals surface area contributed by atoms with Crippen molar-refractivity contribution in [3.05, 3.63) is 48.0 Å². The van der Waals surface area contributed by atoms with Gasteiger partial charge in [0.05, 0.1) is 26.5 Å². The van der Waals surface area contributed by atoms with Crippen molar-refractivity contribution < 1.29 is 32.2 Å². The van der Waals surface area contributed by atoms with Crippen LogP contribution in [0.5, 0.6) is 11.5 Å². The van der Waals surface area contributed by atoms with E-state index in [2.05, 4.69) is 0 Å². The summed E-state index contributed by atoms with van der Waals surface area (Å²) in [7, 11) is -1.26. The molecule has 2 amide bonds. The Bertz CT molecular complexity index is 1140. The SMILES string of the molecule is CCOC(=O)N1CCN(C(=O)CN(c2ccc(OC)cc2)S(=O)(=O)c2cc(C)ccc2OC)CC1. The number of hydrogen-bond acceptors (Lipinski definition) is 7. The largest absolute Gasteiger partial charge is 0.497 e. The summed E-state index contributed by atoms with van der Waals surface area (Å²) in [5.41, 5.74) is 1.05. The highest BCUT2D eigenvalue weighted by Crippen LogP contribution is 2.31. The fourth-order valence-electron chi connectivity index (χ4n) is 3.74. The second kappa shape index (κ2) is 11.3. The normalized spacial score (nSPS) is 13.8. The quantitative estimate of drug-likeness (QED) is 0.543. The Hall–Kier alpha value is -3.47. The van der Waals surface area contributed by atoms with Gasteiger partial charge in [-0.2, -0.15) is 0 Å². The van der Waals surface area contributed by atoms with E-state index >= 15 is 0 Å². The first-order valence-corrected chi connectivity index (χ1v) is 12.7. The molecule has 3 rings (SSSR count). The summed E-state index contributed by atoms with van der Waals surface area (Å²) in [6.07, 6.45) is -0.423. The van der Waals surface area contributed by atoms with Crippen molar-refractivity contribution in [2.75, 3.05) is 57.9 Å². The molecule has 190 valence electrons. The molecule has 0 aromatic heterocycles. The van der Waals surface area contributed by atoms with Gasteiger partial charge in [-0.3, -0.25) is 9.10 Å². The predicted octanol–water partition coefficient (Wildman–Crippen LogP) is 2.51. The Balaban J connectivity index is 1.89. The van der Waals surface area contributed by atoms with Gasteiger partial charge in [0, 0.05) is 26.2 Å². The summed E-state index contributed by atoms with van der Waals surface area (Å²) < 4.78 is 44.2. The fraction of sp³-hybridized carbons (Fsp3) is 0.417. The van der Waals surface area contributed by atoms with E-state index in [0.29, 0.717) is 24.5 Å². The van der Waals surface area contributed by atoms with Crippen LogP contribution < -0.4 is 13.8 Å². The predicted molar refractivity (Wildman–Crippen MR) is 130 cm³/mol. The molecule has 0 N–H and O–H groups in total. The van der Waals surface area contributed by atoms with Crippen LogP contribution in [0.1, 0.15) is 12.5 Å².